The topological polar surface area (TPSA) is 57.5 Å². The molecule has 0 amide bonds. The Balaban J connectivity index is 3.51. The van der Waals surface area contributed by atoms with E-state index in [1.54, 1.807) is 6.08 Å². The van der Waals surface area contributed by atoms with E-state index in [2.05, 4.69) is 11.8 Å². The number of hydrogen-bond donors (Lipinski definition) is 2. The van der Waals surface area contributed by atoms with Crippen molar-refractivity contribution in [2.75, 3.05) is 6.61 Å². The molecule has 0 aliphatic rings. The predicted molar refractivity (Wildman–Crippen MR) is 50.0 cm³/mol. The molecule has 0 unspecified atom stereocenters. The molecule has 0 heterocycles. The van der Waals surface area contributed by atoms with Crippen LogP contribution in [0.4, 0.5) is 0 Å². The molecule has 3 heteroatoms. The second-order valence-electron chi connectivity index (χ2n) is 2.19. The Morgan fingerprint density at radius 3 is 2.77 bits per heavy atom. The van der Waals surface area contributed by atoms with Crippen LogP contribution in [-0.2, 0) is 4.79 Å². The molecule has 0 saturated heterocycles. The highest BCUT2D eigenvalue weighted by molar-refractivity contribution is 5.80. The molecule has 3 nitrogen and oxygen atoms in total. The van der Waals surface area contributed by atoms with Gasteiger partial charge in [-0.3, -0.25) is 0 Å². The molecule has 0 atom stereocenters. The maximum atomic E-state index is 9.98. The van der Waals surface area contributed by atoms with Crippen molar-refractivity contribution < 1.29 is 15.0 Å². The molecule has 2 N–H and O–H groups in total. The summed E-state index contributed by atoms with van der Waals surface area (Å²) in [4.78, 5) is 9.98. The number of unbranched alkanes of at least 4 members (excludes halogenated alkanes) is 1. The summed E-state index contributed by atoms with van der Waals surface area (Å²) < 4.78 is 0. The van der Waals surface area contributed by atoms with Crippen molar-refractivity contribution in [3.8, 4) is 11.8 Å². The SMILES string of the molecule is O=C(O)/C=C\C#CCC/C=C\CO. The third-order valence-corrected chi connectivity index (χ3v) is 1.12. The van der Waals surface area contributed by atoms with Crippen LogP contribution in [0, 0.1) is 11.8 Å². The lowest BCUT2D eigenvalue weighted by atomic mass is 10.3. The van der Waals surface area contributed by atoms with Crippen molar-refractivity contribution in [1.29, 1.82) is 0 Å². The van der Waals surface area contributed by atoms with Crippen molar-refractivity contribution in [3.05, 3.63) is 24.3 Å². The first-order chi connectivity index (χ1) is 6.27. The van der Waals surface area contributed by atoms with Crippen LogP contribution in [0.5, 0.6) is 0 Å². The number of carboxylic acid groups (broad SMARTS) is 1. The van der Waals surface area contributed by atoms with Gasteiger partial charge in [0.25, 0.3) is 0 Å². The average molecular weight is 180 g/mol. The number of hydrogen-bond acceptors (Lipinski definition) is 2. The molecule has 0 aromatic carbocycles. The molecule has 0 aliphatic carbocycles. The number of rotatable bonds is 4. The highest BCUT2D eigenvalue weighted by Crippen LogP contribution is 1.87. The predicted octanol–water partition coefficient (Wildman–Crippen LogP) is 0.959. The molecule has 0 aliphatic heterocycles. The molecular weight excluding hydrogens is 168 g/mol. The van der Waals surface area contributed by atoms with E-state index in [0.717, 1.165) is 12.5 Å². The fourth-order valence-electron chi connectivity index (χ4n) is 0.592. The van der Waals surface area contributed by atoms with Gasteiger partial charge in [-0.15, -0.1) is 0 Å². The van der Waals surface area contributed by atoms with Gasteiger partial charge in [-0.2, -0.15) is 0 Å². The molecule has 0 aromatic heterocycles. The van der Waals surface area contributed by atoms with Gasteiger partial charge in [0.05, 0.1) is 6.61 Å². The van der Waals surface area contributed by atoms with E-state index in [4.69, 9.17) is 10.2 Å². The summed E-state index contributed by atoms with van der Waals surface area (Å²) in [5.74, 6) is 4.36. The Morgan fingerprint density at radius 2 is 2.15 bits per heavy atom. The van der Waals surface area contributed by atoms with Crippen LogP contribution in [0.15, 0.2) is 24.3 Å². The van der Waals surface area contributed by atoms with Gasteiger partial charge in [-0.1, -0.05) is 24.0 Å². The van der Waals surface area contributed by atoms with Crippen molar-refractivity contribution in [1.82, 2.24) is 0 Å². The highest BCUT2D eigenvalue weighted by atomic mass is 16.4. The maximum Gasteiger partial charge on any atom is 0.328 e. The van der Waals surface area contributed by atoms with Crippen LogP contribution in [-0.4, -0.2) is 22.8 Å². The first-order valence-electron chi connectivity index (χ1n) is 3.91. The molecule has 0 bridgehead atoms. The van der Waals surface area contributed by atoms with E-state index in [9.17, 15) is 4.79 Å². The number of aliphatic carboxylic acids is 1. The largest absolute Gasteiger partial charge is 0.478 e. The van der Waals surface area contributed by atoms with E-state index in [0.29, 0.717) is 6.42 Å². The minimum atomic E-state index is -0.991. The van der Waals surface area contributed by atoms with Gasteiger partial charge < -0.3 is 10.2 Å². The Hall–Kier alpha value is -1.53. The van der Waals surface area contributed by atoms with Crippen molar-refractivity contribution >= 4 is 5.97 Å². The van der Waals surface area contributed by atoms with Crippen LogP contribution in [0.2, 0.25) is 0 Å². The van der Waals surface area contributed by atoms with E-state index in [-0.39, 0.29) is 6.61 Å². The van der Waals surface area contributed by atoms with Crippen molar-refractivity contribution in [2.45, 2.75) is 12.8 Å². The van der Waals surface area contributed by atoms with Gasteiger partial charge in [0.15, 0.2) is 0 Å². The summed E-state index contributed by atoms with van der Waals surface area (Å²) in [6.45, 7) is 0.0480. The molecule has 70 valence electrons. The average Bonchev–Trinajstić information content (AvgIpc) is 2.09. The van der Waals surface area contributed by atoms with E-state index < -0.39 is 5.97 Å². The normalized spacial score (nSPS) is 10.2. The molecule has 0 fully saturated rings. The second kappa shape index (κ2) is 8.57. The molecular formula is C10H12O3. The number of carbonyl (C=O) groups is 1. The summed E-state index contributed by atoms with van der Waals surface area (Å²) in [6, 6.07) is 0. The maximum absolute atomic E-state index is 9.98. The number of allylic oxidation sites excluding steroid dienone is 2. The second-order valence-corrected chi connectivity index (χ2v) is 2.19. The smallest absolute Gasteiger partial charge is 0.328 e. The van der Waals surface area contributed by atoms with E-state index in [1.807, 2.05) is 6.08 Å². The monoisotopic (exact) mass is 180 g/mol. The number of aliphatic hydroxyl groups is 1. The van der Waals surface area contributed by atoms with Crippen LogP contribution in [0.25, 0.3) is 0 Å². The number of aliphatic hydroxyl groups excluding tert-OH is 1. The lowest BCUT2D eigenvalue weighted by Crippen LogP contribution is -1.84. The van der Waals surface area contributed by atoms with E-state index in [1.165, 1.54) is 6.08 Å². The molecule has 0 saturated carbocycles. The summed E-state index contributed by atoms with van der Waals surface area (Å²) in [6.07, 6.45) is 7.22. The van der Waals surface area contributed by atoms with E-state index >= 15 is 0 Å². The van der Waals surface area contributed by atoms with Gasteiger partial charge >= 0.3 is 5.97 Å². The Kier molecular flexibility index (Phi) is 7.56. The fraction of sp³-hybridized carbons (Fsp3) is 0.300. The van der Waals surface area contributed by atoms with Gasteiger partial charge in [-0.25, -0.2) is 4.79 Å². The molecule has 13 heavy (non-hydrogen) atoms. The number of carboxylic acids is 1. The van der Waals surface area contributed by atoms with Gasteiger partial charge in [-0.05, 0) is 12.5 Å². The lowest BCUT2D eigenvalue weighted by Gasteiger charge is -1.81. The molecule has 0 aromatic rings. The molecule has 0 spiro atoms. The van der Waals surface area contributed by atoms with Gasteiger partial charge in [0.1, 0.15) is 0 Å². The summed E-state index contributed by atoms with van der Waals surface area (Å²) in [5.41, 5.74) is 0. The zero-order valence-electron chi connectivity index (χ0n) is 7.23. The molecule has 0 radical (unpaired) electrons. The lowest BCUT2D eigenvalue weighted by molar-refractivity contribution is -0.131. The summed E-state index contributed by atoms with van der Waals surface area (Å²) in [5, 5.41) is 16.6. The summed E-state index contributed by atoms with van der Waals surface area (Å²) in [7, 11) is 0. The van der Waals surface area contributed by atoms with Crippen molar-refractivity contribution in [2.24, 2.45) is 0 Å². The minimum absolute atomic E-state index is 0.0480. The Bertz CT molecular complexity index is 253. The summed E-state index contributed by atoms with van der Waals surface area (Å²) >= 11 is 0. The van der Waals surface area contributed by atoms with Crippen LogP contribution in [0.3, 0.4) is 0 Å². The first kappa shape index (κ1) is 11.5. The van der Waals surface area contributed by atoms with Gasteiger partial charge in [0, 0.05) is 12.5 Å². The first-order valence-corrected chi connectivity index (χ1v) is 3.91. The van der Waals surface area contributed by atoms with Crippen LogP contribution in [0.1, 0.15) is 12.8 Å². The van der Waals surface area contributed by atoms with Gasteiger partial charge in [0.2, 0.25) is 0 Å². The minimum Gasteiger partial charge on any atom is -0.478 e. The zero-order valence-corrected chi connectivity index (χ0v) is 7.23. The highest BCUT2D eigenvalue weighted by Gasteiger charge is 1.79. The van der Waals surface area contributed by atoms with Crippen molar-refractivity contribution in [3.63, 3.8) is 0 Å². The fourth-order valence-corrected chi connectivity index (χ4v) is 0.592. The zero-order chi connectivity index (χ0) is 9.94. The Morgan fingerprint density at radius 1 is 1.38 bits per heavy atom. The van der Waals surface area contributed by atoms with Crippen LogP contribution >= 0.6 is 0 Å². The van der Waals surface area contributed by atoms with Crippen LogP contribution < -0.4 is 0 Å². The standard InChI is InChI=1S/C10H12O3/c11-9-7-5-3-1-2-4-6-8-10(12)13/h5-8,11H,1,3,9H2,(H,12,13)/b7-5-,8-6-. The third-order valence-electron chi connectivity index (χ3n) is 1.12. The molecule has 0 rings (SSSR count). The third kappa shape index (κ3) is 10.5. The quantitative estimate of drug-likeness (QED) is 0.293. The Labute approximate surface area is 77.4 Å².